The van der Waals surface area contributed by atoms with Gasteiger partial charge in [0.1, 0.15) is 5.82 Å². The van der Waals surface area contributed by atoms with E-state index in [-0.39, 0.29) is 5.91 Å². The van der Waals surface area contributed by atoms with Gasteiger partial charge in [-0.05, 0) is 25.5 Å². The lowest BCUT2D eigenvalue weighted by Gasteiger charge is -2.36. The van der Waals surface area contributed by atoms with Crippen molar-refractivity contribution in [2.24, 2.45) is 5.92 Å². The van der Waals surface area contributed by atoms with Gasteiger partial charge in [0.2, 0.25) is 0 Å². The normalized spacial score (nSPS) is 24.1. The average molecular weight is 251 g/mol. The molecule has 0 saturated carbocycles. The number of rotatable bonds is 2. The molecule has 2 atom stereocenters. The minimum Gasteiger partial charge on any atom is -0.338 e. The van der Waals surface area contributed by atoms with Gasteiger partial charge < -0.3 is 10.2 Å². The Balaban J connectivity index is 2.07. The number of hydrogen-bond donors (Lipinski definition) is 1. The standard InChI is InChI=1S/C13H18FN3O/c1-9-8-17(4-3-12(9)15-2)13(18)10-5-11(14)7-16-6-10/h5-7,9,12,15H,3-4,8H2,1-2H3. The predicted octanol–water partition coefficient (Wildman–Crippen LogP) is 1.29. The van der Waals surface area contributed by atoms with E-state index in [4.69, 9.17) is 0 Å². The first-order valence-electron chi connectivity index (χ1n) is 6.19. The summed E-state index contributed by atoms with van der Waals surface area (Å²) in [6.07, 6.45) is 3.44. The third-order valence-corrected chi connectivity index (χ3v) is 3.52. The number of pyridine rings is 1. The molecule has 1 aliphatic heterocycles. The SMILES string of the molecule is CNC1CCN(C(=O)c2cncc(F)c2)CC1C. The monoisotopic (exact) mass is 251 g/mol. The Kier molecular flexibility index (Phi) is 3.91. The highest BCUT2D eigenvalue weighted by molar-refractivity contribution is 5.94. The first-order valence-corrected chi connectivity index (χ1v) is 6.19. The third-order valence-electron chi connectivity index (χ3n) is 3.52. The van der Waals surface area contributed by atoms with E-state index < -0.39 is 5.82 Å². The van der Waals surface area contributed by atoms with Crippen LogP contribution in [-0.2, 0) is 0 Å². The number of carbonyl (C=O) groups is 1. The Morgan fingerprint density at radius 2 is 2.33 bits per heavy atom. The zero-order valence-corrected chi connectivity index (χ0v) is 10.7. The van der Waals surface area contributed by atoms with Crippen molar-refractivity contribution in [3.63, 3.8) is 0 Å². The molecule has 2 unspecified atom stereocenters. The molecule has 1 aromatic rings. The van der Waals surface area contributed by atoms with Crippen molar-refractivity contribution in [3.05, 3.63) is 29.8 Å². The summed E-state index contributed by atoms with van der Waals surface area (Å²) in [6, 6.07) is 1.68. The Hall–Kier alpha value is -1.49. The van der Waals surface area contributed by atoms with Crippen LogP contribution in [0.1, 0.15) is 23.7 Å². The number of piperidine rings is 1. The second-order valence-electron chi connectivity index (χ2n) is 4.80. The fraction of sp³-hybridized carbons (Fsp3) is 0.538. The Morgan fingerprint density at radius 1 is 1.56 bits per heavy atom. The smallest absolute Gasteiger partial charge is 0.255 e. The molecule has 2 rings (SSSR count). The maximum atomic E-state index is 13.0. The largest absolute Gasteiger partial charge is 0.338 e. The predicted molar refractivity (Wildman–Crippen MR) is 66.7 cm³/mol. The van der Waals surface area contributed by atoms with E-state index in [1.165, 1.54) is 12.3 Å². The fourth-order valence-corrected chi connectivity index (χ4v) is 2.47. The topological polar surface area (TPSA) is 45.2 Å². The highest BCUT2D eigenvalue weighted by Crippen LogP contribution is 2.18. The second kappa shape index (κ2) is 5.44. The maximum absolute atomic E-state index is 13.0. The number of carbonyl (C=O) groups excluding carboxylic acids is 1. The van der Waals surface area contributed by atoms with Crippen LogP contribution in [-0.4, -0.2) is 42.0 Å². The van der Waals surface area contributed by atoms with Crippen LogP contribution in [0.5, 0.6) is 0 Å². The summed E-state index contributed by atoms with van der Waals surface area (Å²) in [5.41, 5.74) is 0.324. The highest BCUT2D eigenvalue weighted by Gasteiger charge is 2.28. The summed E-state index contributed by atoms with van der Waals surface area (Å²) in [4.78, 5) is 17.7. The number of amides is 1. The first-order chi connectivity index (χ1) is 8.61. The van der Waals surface area contributed by atoms with E-state index in [0.717, 1.165) is 12.6 Å². The van der Waals surface area contributed by atoms with Crippen molar-refractivity contribution < 1.29 is 9.18 Å². The molecule has 5 heteroatoms. The van der Waals surface area contributed by atoms with Crippen LogP contribution in [0.4, 0.5) is 4.39 Å². The van der Waals surface area contributed by atoms with Gasteiger partial charge in [0, 0.05) is 25.3 Å². The molecule has 1 saturated heterocycles. The van der Waals surface area contributed by atoms with Crippen molar-refractivity contribution >= 4 is 5.91 Å². The molecule has 0 aromatic carbocycles. The van der Waals surface area contributed by atoms with E-state index in [0.29, 0.717) is 30.6 Å². The summed E-state index contributed by atoms with van der Waals surface area (Å²) >= 11 is 0. The van der Waals surface area contributed by atoms with E-state index in [1.807, 2.05) is 7.05 Å². The molecule has 98 valence electrons. The fourth-order valence-electron chi connectivity index (χ4n) is 2.47. The molecule has 2 heterocycles. The zero-order valence-electron chi connectivity index (χ0n) is 10.7. The van der Waals surface area contributed by atoms with Crippen LogP contribution in [0.2, 0.25) is 0 Å². The minimum absolute atomic E-state index is 0.136. The number of hydrogen-bond acceptors (Lipinski definition) is 3. The average Bonchev–Trinajstić information content (AvgIpc) is 2.37. The maximum Gasteiger partial charge on any atom is 0.255 e. The summed E-state index contributed by atoms with van der Waals surface area (Å²) in [5, 5.41) is 3.25. The minimum atomic E-state index is -0.473. The lowest BCUT2D eigenvalue weighted by Crippen LogP contribution is -2.49. The van der Waals surface area contributed by atoms with Gasteiger partial charge >= 0.3 is 0 Å². The summed E-state index contributed by atoms with van der Waals surface area (Å²) in [7, 11) is 1.94. The number of likely N-dealkylation sites (tertiary alicyclic amines) is 1. The number of nitrogens with one attached hydrogen (secondary N) is 1. The zero-order chi connectivity index (χ0) is 13.1. The highest BCUT2D eigenvalue weighted by atomic mass is 19.1. The van der Waals surface area contributed by atoms with Crippen molar-refractivity contribution in [1.29, 1.82) is 0 Å². The van der Waals surface area contributed by atoms with Gasteiger partial charge in [-0.2, -0.15) is 0 Å². The molecule has 1 amide bonds. The molecular formula is C13H18FN3O. The Labute approximate surface area is 106 Å². The van der Waals surface area contributed by atoms with E-state index in [2.05, 4.69) is 17.2 Å². The number of aromatic nitrogens is 1. The van der Waals surface area contributed by atoms with Gasteiger partial charge in [0.25, 0.3) is 5.91 Å². The second-order valence-corrected chi connectivity index (χ2v) is 4.80. The molecule has 18 heavy (non-hydrogen) atoms. The van der Waals surface area contributed by atoms with Gasteiger partial charge in [0.05, 0.1) is 11.8 Å². The van der Waals surface area contributed by atoms with Gasteiger partial charge in [-0.3, -0.25) is 9.78 Å². The first kappa shape index (κ1) is 13.0. The quantitative estimate of drug-likeness (QED) is 0.861. The molecule has 0 aliphatic carbocycles. The van der Waals surface area contributed by atoms with Gasteiger partial charge in [-0.25, -0.2) is 4.39 Å². The van der Waals surface area contributed by atoms with Crippen LogP contribution in [0, 0.1) is 11.7 Å². The lowest BCUT2D eigenvalue weighted by atomic mass is 9.93. The molecular weight excluding hydrogens is 233 g/mol. The van der Waals surface area contributed by atoms with Gasteiger partial charge in [-0.15, -0.1) is 0 Å². The van der Waals surface area contributed by atoms with Crippen LogP contribution >= 0.6 is 0 Å². The Bertz CT molecular complexity index is 438. The van der Waals surface area contributed by atoms with Crippen molar-refractivity contribution in [3.8, 4) is 0 Å². The van der Waals surface area contributed by atoms with E-state index in [1.54, 1.807) is 4.90 Å². The van der Waals surface area contributed by atoms with E-state index in [9.17, 15) is 9.18 Å². The molecule has 1 N–H and O–H groups in total. The molecule has 0 radical (unpaired) electrons. The van der Waals surface area contributed by atoms with Gasteiger partial charge in [0.15, 0.2) is 0 Å². The van der Waals surface area contributed by atoms with Crippen molar-refractivity contribution in [1.82, 2.24) is 15.2 Å². The molecule has 0 bridgehead atoms. The van der Waals surface area contributed by atoms with E-state index >= 15 is 0 Å². The van der Waals surface area contributed by atoms with Crippen molar-refractivity contribution in [2.75, 3.05) is 20.1 Å². The molecule has 1 fully saturated rings. The number of nitrogens with zero attached hydrogens (tertiary/aromatic N) is 2. The third kappa shape index (κ3) is 2.67. The van der Waals surface area contributed by atoms with Crippen LogP contribution in [0.15, 0.2) is 18.5 Å². The summed E-state index contributed by atoms with van der Waals surface area (Å²) < 4.78 is 13.0. The lowest BCUT2D eigenvalue weighted by molar-refractivity contribution is 0.0648. The molecule has 1 aliphatic rings. The summed E-state index contributed by atoms with van der Waals surface area (Å²) in [6.45, 7) is 3.51. The number of halogens is 1. The van der Waals surface area contributed by atoms with Crippen molar-refractivity contribution in [2.45, 2.75) is 19.4 Å². The molecule has 1 aromatic heterocycles. The van der Waals surface area contributed by atoms with Crippen LogP contribution in [0.3, 0.4) is 0 Å². The Morgan fingerprint density at radius 3 is 2.94 bits per heavy atom. The van der Waals surface area contributed by atoms with Crippen LogP contribution < -0.4 is 5.32 Å². The summed E-state index contributed by atoms with van der Waals surface area (Å²) in [5.74, 6) is -0.211. The molecule has 4 nitrogen and oxygen atoms in total. The molecule has 0 spiro atoms. The van der Waals surface area contributed by atoms with Crippen LogP contribution in [0.25, 0.3) is 0 Å². The van der Waals surface area contributed by atoms with Gasteiger partial charge in [-0.1, -0.05) is 6.92 Å².